The number of unbranched alkanes of at least 4 members (excludes halogenated alkanes) is 1. The number of nitrogens with one attached hydrogen (secondary N) is 1. The zero-order valence-corrected chi connectivity index (χ0v) is 10.4. The summed E-state index contributed by atoms with van der Waals surface area (Å²) in [6.45, 7) is 2.26. The summed E-state index contributed by atoms with van der Waals surface area (Å²) in [7, 11) is 2.08. The number of rotatable bonds is 5. The van der Waals surface area contributed by atoms with Crippen LogP contribution in [0.5, 0.6) is 0 Å². The first-order valence-corrected chi connectivity index (χ1v) is 6.47. The molecule has 2 rings (SSSR count). The highest BCUT2D eigenvalue weighted by Gasteiger charge is 2.29. The second-order valence-corrected chi connectivity index (χ2v) is 4.73. The average molecular weight is 218 g/mol. The van der Waals surface area contributed by atoms with Gasteiger partial charge >= 0.3 is 0 Å². The molecule has 0 aromatic carbocycles. The largest absolute Gasteiger partial charge is 0.316 e. The van der Waals surface area contributed by atoms with Crippen LogP contribution in [0.2, 0.25) is 0 Å². The number of fused-ring (bicyclic) bond motifs is 1. The molecule has 2 atom stereocenters. The minimum Gasteiger partial charge on any atom is -0.316 e. The second kappa shape index (κ2) is 5.44. The summed E-state index contributed by atoms with van der Waals surface area (Å²) in [5.41, 5.74) is 2.81. The highest BCUT2D eigenvalue weighted by Crippen LogP contribution is 2.35. The van der Waals surface area contributed by atoms with Gasteiger partial charge in [0.1, 0.15) is 0 Å². The molecule has 0 aliphatic heterocycles. The van der Waals surface area contributed by atoms with Crippen molar-refractivity contribution in [1.29, 1.82) is 0 Å². The molecule has 1 aliphatic rings. The summed E-state index contributed by atoms with van der Waals surface area (Å²) in [6, 6.07) is 4.90. The van der Waals surface area contributed by atoms with E-state index in [1.54, 1.807) is 0 Å². The quantitative estimate of drug-likeness (QED) is 0.822. The van der Waals surface area contributed by atoms with Crippen molar-refractivity contribution in [3.8, 4) is 0 Å². The van der Waals surface area contributed by atoms with Crippen LogP contribution in [0, 0.1) is 0 Å². The first-order chi connectivity index (χ1) is 7.86. The molecule has 0 bridgehead atoms. The van der Waals surface area contributed by atoms with E-state index in [9.17, 15) is 0 Å². The fraction of sp³-hybridized carbons (Fsp3) is 0.643. The molecular weight excluding hydrogens is 196 g/mol. The summed E-state index contributed by atoms with van der Waals surface area (Å²) in [6.07, 6.45) is 8.27. The first-order valence-electron chi connectivity index (χ1n) is 6.47. The van der Waals surface area contributed by atoms with Crippen LogP contribution >= 0.6 is 0 Å². The summed E-state index contributed by atoms with van der Waals surface area (Å²) in [5, 5.41) is 3.48. The van der Waals surface area contributed by atoms with E-state index in [4.69, 9.17) is 0 Å². The van der Waals surface area contributed by atoms with Gasteiger partial charge in [0.2, 0.25) is 0 Å². The summed E-state index contributed by atoms with van der Waals surface area (Å²) < 4.78 is 0. The highest BCUT2D eigenvalue weighted by atomic mass is 14.9. The van der Waals surface area contributed by atoms with Crippen LogP contribution in [0.25, 0.3) is 0 Å². The van der Waals surface area contributed by atoms with Crippen LogP contribution in [0.3, 0.4) is 0 Å². The number of aryl methyl sites for hydroxylation is 1. The third kappa shape index (κ3) is 2.27. The van der Waals surface area contributed by atoms with Crippen LogP contribution in [-0.4, -0.2) is 18.1 Å². The summed E-state index contributed by atoms with van der Waals surface area (Å²) in [4.78, 5) is 4.58. The lowest BCUT2D eigenvalue weighted by molar-refractivity contribution is 0.415. The molecule has 2 heteroatoms. The molecule has 88 valence electrons. The first kappa shape index (κ1) is 11.6. The Bertz CT molecular complexity index is 335. The molecule has 0 saturated heterocycles. The molecule has 1 heterocycles. The SMILES string of the molecule is CCCCC(NC)C1CCc2cccnc21. The van der Waals surface area contributed by atoms with Crippen molar-refractivity contribution < 1.29 is 0 Å². The molecule has 1 aromatic rings. The van der Waals surface area contributed by atoms with E-state index in [1.165, 1.54) is 43.4 Å². The topological polar surface area (TPSA) is 24.9 Å². The second-order valence-electron chi connectivity index (χ2n) is 4.73. The highest BCUT2D eigenvalue weighted by molar-refractivity contribution is 5.29. The predicted molar refractivity (Wildman–Crippen MR) is 67.7 cm³/mol. The van der Waals surface area contributed by atoms with Crippen molar-refractivity contribution in [1.82, 2.24) is 10.3 Å². The zero-order valence-electron chi connectivity index (χ0n) is 10.4. The van der Waals surface area contributed by atoms with Gasteiger partial charge in [-0.25, -0.2) is 0 Å². The third-order valence-electron chi connectivity index (χ3n) is 3.73. The molecule has 1 aromatic heterocycles. The number of hydrogen-bond donors (Lipinski definition) is 1. The smallest absolute Gasteiger partial charge is 0.0482 e. The van der Waals surface area contributed by atoms with Crippen molar-refractivity contribution in [3.63, 3.8) is 0 Å². The molecule has 0 radical (unpaired) electrons. The fourth-order valence-corrected chi connectivity index (χ4v) is 2.81. The lowest BCUT2D eigenvalue weighted by Crippen LogP contribution is -2.31. The molecular formula is C14H22N2. The van der Waals surface area contributed by atoms with Gasteiger partial charge in [-0.05, 0) is 37.9 Å². The Morgan fingerprint density at radius 3 is 3.19 bits per heavy atom. The summed E-state index contributed by atoms with van der Waals surface area (Å²) in [5.74, 6) is 0.632. The lowest BCUT2D eigenvalue weighted by atomic mass is 9.93. The number of hydrogen-bond acceptors (Lipinski definition) is 2. The van der Waals surface area contributed by atoms with Crippen LogP contribution < -0.4 is 5.32 Å². The fourth-order valence-electron chi connectivity index (χ4n) is 2.81. The Balaban J connectivity index is 2.10. The van der Waals surface area contributed by atoms with Crippen LogP contribution in [0.1, 0.15) is 49.8 Å². The molecule has 16 heavy (non-hydrogen) atoms. The minimum atomic E-state index is 0.607. The van der Waals surface area contributed by atoms with Gasteiger partial charge in [-0.3, -0.25) is 4.98 Å². The zero-order chi connectivity index (χ0) is 11.4. The van der Waals surface area contributed by atoms with Crippen molar-refractivity contribution >= 4 is 0 Å². The number of nitrogens with zero attached hydrogens (tertiary/aromatic N) is 1. The third-order valence-corrected chi connectivity index (χ3v) is 3.73. The van der Waals surface area contributed by atoms with Crippen molar-refractivity contribution in [3.05, 3.63) is 29.6 Å². The van der Waals surface area contributed by atoms with Gasteiger partial charge in [-0.1, -0.05) is 25.8 Å². The van der Waals surface area contributed by atoms with E-state index in [-0.39, 0.29) is 0 Å². The van der Waals surface area contributed by atoms with E-state index in [0.29, 0.717) is 12.0 Å². The number of likely N-dealkylation sites (N-methyl/N-ethyl adjacent to an activating group) is 1. The van der Waals surface area contributed by atoms with E-state index in [0.717, 1.165) is 0 Å². The molecule has 2 unspecified atom stereocenters. The maximum absolute atomic E-state index is 4.58. The van der Waals surface area contributed by atoms with E-state index in [1.807, 2.05) is 6.20 Å². The van der Waals surface area contributed by atoms with Gasteiger partial charge in [0.05, 0.1) is 0 Å². The van der Waals surface area contributed by atoms with Gasteiger partial charge in [0, 0.05) is 23.9 Å². The van der Waals surface area contributed by atoms with E-state index < -0.39 is 0 Å². The number of aromatic nitrogens is 1. The Morgan fingerprint density at radius 1 is 1.56 bits per heavy atom. The maximum atomic E-state index is 4.58. The predicted octanol–water partition coefficient (Wildman–Crippen LogP) is 2.89. The minimum absolute atomic E-state index is 0.607. The lowest BCUT2D eigenvalue weighted by Gasteiger charge is -2.23. The molecule has 0 amide bonds. The van der Waals surface area contributed by atoms with Gasteiger partial charge in [0.15, 0.2) is 0 Å². The monoisotopic (exact) mass is 218 g/mol. The Kier molecular flexibility index (Phi) is 3.94. The molecule has 0 saturated carbocycles. The van der Waals surface area contributed by atoms with Gasteiger partial charge < -0.3 is 5.32 Å². The van der Waals surface area contributed by atoms with Gasteiger partial charge in [-0.15, -0.1) is 0 Å². The van der Waals surface area contributed by atoms with E-state index >= 15 is 0 Å². The van der Waals surface area contributed by atoms with Crippen LogP contribution in [0.4, 0.5) is 0 Å². The molecule has 1 aliphatic carbocycles. The molecule has 0 spiro atoms. The van der Waals surface area contributed by atoms with Crippen molar-refractivity contribution in [2.24, 2.45) is 0 Å². The molecule has 2 nitrogen and oxygen atoms in total. The maximum Gasteiger partial charge on any atom is 0.0482 e. The standard InChI is InChI=1S/C14H22N2/c1-3-4-7-13(15-2)12-9-8-11-6-5-10-16-14(11)12/h5-6,10,12-13,15H,3-4,7-9H2,1-2H3. The number of pyridine rings is 1. The normalized spacial score (nSPS) is 20.8. The van der Waals surface area contributed by atoms with Gasteiger partial charge in [0.25, 0.3) is 0 Å². The van der Waals surface area contributed by atoms with Crippen molar-refractivity contribution in [2.75, 3.05) is 7.05 Å². The van der Waals surface area contributed by atoms with E-state index in [2.05, 4.69) is 36.4 Å². The molecule has 1 N–H and O–H groups in total. The van der Waals surface area contributed by atoms with Gasteiger partial charge in [-0.2, -0.15) is 0 Å². The molecule has 0 fully saturated rings. The van der Waals surface area contributed by atoms with Crippen molar-refractivity contribution in [2.45, 2.75) is 51.0 Å². The average Bonchev–Trinajstić information content (AvgIpc) is 2.75. The van der Waals surface area contributed by atoms with Crippen LogP contribution in [-0.2, 0) is 6.42 Å². The Labute approximate surface area is 98.5 Å². The summed E-state index contributed by atoms with van der Waals surface area (Å²) >= 11 is 0. The van der Waals surface area contributed by atoms with Crippen LogP contribution in [0.15, 0.2) is 18.3 Å². The Hall–Kier alpha value is -0.890. The Morgan fingerprint density at radius 2 is 2.44 bits per heavy atom.